The van der Waals surface area contributed by atoms with E-state index in [1.807, 2.05) is 37.3 Å². The number of hydrogen-bond donors (Lipinski definition) is 1. The van der Waals surface area contributed by atoms with Crippen LogP contribution in [0.15, 0.2) is 60.2 Å². The van der Waals surface area contributed by atoms with Gasteiger partial charge in [-0.3, -0.25) is 9.69 Å². The lowest BCUT2D eigenvalue weighted by Gasteiger charge is -2.33. The van der Waals surface area contributed by atoms with Crippen molar-refractivity contribution in [3.63, 3.8) is 0 Å². The molecule has 1 amide bonds. The van der Waals surface area contributed by atoms with E-state index in [1.54, 1.807) is 0 Å². The van der Waals surface area contributed by atoms with E-state index in [1.165, 1.54) is 24.8 Å². The minimum atomic E-state index is -0.0227. The Morgan fingerprint density at radius 3 is 2.52 bits per heavy atom. The zero-order chi connectivity index (χ0) is 18.4. The van der Waals surface area contributed by atoms with Gasteiger partial charge in [0.15, 0.2) is 0 Å². The maximum absolute atomic E-state index is 12.7. The van der Waals surface area contributed by atoms with E-state index in [2.05, 4.69) is 47.6 Å². The van der Waals surface area contributed by atoms with Crippen LogP contribution < -0.4 is 5.32 Å². The van der Waals surface area contributed by atoms with Crippen molar-refractivity contribution in [1.29, 1.82) is 0 Å². The summed E-state index contributed by atoms with van der Waals surface area (Å²) in [7, 11) is 2.20. The minimum absolute atomic E-state index is 0. The molecule has 0 bridgehead atoms. The van der Waals surface area contributed by atoms with Gasteiger partial charge in [-0.25, -0.2) is 0 Å². The molecule has 0 aromatic heterocycles. The van der Waals surface area contributed by atoms with E-state index in [0.717, 1.165) is 23.4 Å². The molecule has 1 aliphatic heterocycles. The third kappa shape index (κ3) is 5.44. The first-order valence-corrected chi connectivity index (χ1v) is 9.55. The normalized spacial score (nSPS) is 17.9. The van der Waals surface area contributed by atoms with E-state index >= 15 is 0 Å². The van der Waals surface area contributed by atoms with E-state index in [-0.39, 0.29) is 18.3 Å². The predicted molar refractivity (Wildman–Crippen MR) is 116 cm³/mol. The van der Waals surface area contributed by atoms with Crippen molar-refractivity contribution in [2.45, 2.75) is 38.6 Å². The second kappa shape index (κ2) is 10.3. The first kappa shape index (κ1) is 21.2. The molecule has 1 heterocycles. The highest BCUT2D eigenvalue weighted by molar-refractivity contribution is 6.06. The lowest BCUT2D eigenvalue weighted by molar-refractivity contribution is -0.112. The molecule has 2 aromatic rings. The summed E-state index contributed by atoms with van der Waals surface area (Å²) in [4.78, 5) is 15.1. The molecule has 4 heteroatoms. The third-order valence-corrected chi connectivity index (χ3v) is 5.16. The van der Waals surface area contributed by atoms with Gasteiger partial charge in [0.1, 0.15) is 0 Å². The Morgan fingerprint density at radius 2 is 1.81 bits per heavy atom. The summed E-state index contributed by atoms with van der Waals surface area (Å²) in [6.45, 7) is 3.17. The van der Waals surface area contributed by atoms with E-state index in [9.17, 15) is 4.79 Å². The fourth-order valence-electron chi connectivity index (χ4n) is 3.66. The van der Waals surface area contributed by atoms with Gasteiger partial charge in [-0.2, -0.15) is 0 Å². The van der Waals surface area contributed by atoms with Crippen LogP contribution in [0.1, 0.15) is 49.8 Å². The van der Waals surface area contributed by atoms with Crippen molar-refractivity contribution < 1.29 is 4.79 Å². The highest BCUT2D eigenvalue weighted by Crippen LogP contribution is 2.32. The number of nitrogens with one attached hydrogen (secondary N) is 1. The molecule has 3 rings (SSSR count). The number of amides is 1. The van der Waals surface area contributed by atoms with Crippen LogP contribution in [-0.4, -0.2) is 24.4 Å². The number of piperidine rings is 1. The number of para-hydroxylation sites is 1. The Morgan fingerprint density at radius 1 is 1.11 bits per heavy atom. The highest BCUT2D eigenvalue weighted by Gasteiger charge is 2.22. The van der Waals surface area contributed by atoms with Crippen molar-refractivity contribution in [2.75, 3.05) is 18.9 Å². The van der Waals surface area contributed by atoms with Gasteiger partial charge in [0.25, 0.3) is 5.91 Å². The summed E-state index contributed by atoms with van der Waals surface area (Å²) in [6.07, 6.45) is 6.48. The standard InChI is InChI=1S/C23H28N2O.ClH/c1-3-18(23(26)24-20-12-5-4-6-13-20)17-19-11-7-8-14-21(19)22-15-9-10-16-25(22)2;/h4-8,11-14,17,22H,3,9-10,15-16H2,1-2H3,(H,24,26);1H. The van der Waals surface area contributed by atoms with E-state index < -0.39 is 0 Å². The second-order valence-corrected chi connectivity index (χ2v) is 6.96. The largest absolute Gasteiger partial charge is 0.322 e. The number of likely N-dealkylation sites (tertiary alicyclic amines) is 1. The van der Waals surface area contributed by atoms with Crippen molar-refractivity contribution in [1.82, 2.24) is 4.90 Å². The summed E-state index contributed by atoms with van der Waals surface area (Å²) < 4.78 is 0. The first-order valence-electron chi connectivity index (χ1n) is 9.55. The van der Waals surface area contributed by atoms with Gasteiger partial charge in [-0.15, -0.1) is 12.4 Å². The van der Waals surface area contributed by atoms with Gasteiger partial charge in [0.2, 0.25) is 0 Å². The Bertz CT molecular complexity index is 773. The molecule has 27 heavy (non-hydrogen) atoms. The molecule has 1 saturated heterocycles. The SMILES string of the molecule is CCC(=Cc1ccccc1C1CCCCN1C)C(=O)Nc1ccccc1.Cl. The zero-order valence-electron chi connectivity index (χ0n) is 16.2. The van der Waals surface area contributed by atoms with Gasteiger partial charge in [-0.05, 0) is 62.2 Å². The Balaban J connectivity index is 0.00000261. The Labute approximate surface area is 168 Å². The maximum atomic E-state index is 12.7. The number of carbonyl (C=O) groups excluding carboxylic acids is 1. The van der Waals surface area contributed by atoms with Gasteiger partial charge < -0.3 is 5.32 Å². The Kier molecular flexibility index (Phi) is 8.08. The molecule has 0 aliphatic carbocycles. The van der Waals surface area contributed by atoms with Crippen molar-refractivity contribution >= 4 is 30.1 Å². The number of nitrogens with zero attached hydrogens (tertiary/aromatic N) is 1. The van der Waals surface area contributed by atoms with E-state index in [0.29, 0.717) is 12.5 Å². The first-order chi connectivity index (χ1) is 12.7. The lowest BCUT2D eigenvalue weighted by Crippen LogP contribution is -2.30. The molecular weight excluding hydrogens is 356 g/mol. The third-order valence-electron chi connectivity index (χ3n) is 5.16. The molecule has 0 radical (unpaired) electrons. The smallest absolute Gasteiger partial charge is 0.251 e. The molecule has 0 spiro atoms. The highest BCUT2D eigenvalue weighted by atomic mass is 35.5. The summed E-state index contributed by atoms with van der Waals surface area (Å²) in [6, 6.07) is 18.6. The quantitative estimate of drug-likeness (QED) is 0.671. The molecule has 1 N–H and O–H groups in total. The fourth-order valence-corrected chi connectivity index (χ4v) is 3.66. The van der Waals surface area contributed by atoms with Crippen LogP contribution in [0.4, 0.5) is 5.69 Å². The summed E-state index contributed by atoms with van der Waals surface area (Å²) in [5.41, 5.74) is 4.12. The van der Waals surface area contributed by atoms with Crippen molar-refractivity contribution in [3.05, 3.63) is 71.3 Å². The molecule has 2 aromatic carbocycles. The summed E-state index contributed by atoms with van der Waals surface area (Å²) >= 11 is 0. The average molecular weight is 385 g/mol. The Hall–Kier alpha value is -2.10. The predicted octanol–water partition coefficient (Wildman–Crippen LogP) is 5.70. The van der Waals surface area contributed by atoms with Crippen molar-refractivity contribution in [2.24, 2.45) is 0 Å². The van der Waals surface area contributed by atoms with Gasteiger partial charge >= 0.3 is 0 Å². The second-order valence-electron chi connectivity index (χ2n) is 6.96. The van der Waals surface area contributed by atoms with Crippen LogP contribution >= 0.6 is 12.4 Å². The summed E-state index contributed by atoms with van der Waals surface area (Å²) in [5, 5.41) is 3.00. The van der Waals surface area contributed by atoms with Crippen molar-refractivity contribution in [3.8, 4) is 0 Å². The molecule has 1 unspecified atom stereocenters. The molecule has 1 fully saturated rings. The van der Waals surface area contributed by atoms with Crippen LogP contribution in [0.3, 0.4) is 0 Å². The molecular formula is C23H29ClN2O. The number of hydrogen-bond acceptors (Lipinski definition) is 2. The monoisotopic (exact) mass is 384 g/mol. The van der Waals surface area contributed by atoms with Crippen LogP contribution in [-0.2, 0) is 4.79 Å². The lowest BCUT2D eigenvalue weighted by atomic mass is 9.91. The molecule has 144 valence electrons. The number of rotatable bonds is 5. The van der Waals surface area contributed by atoms with E-state index in [4.69, 9.17) is 0 Å². The molecule has 1 atom stereocenters. The fraction of sp³-hybridized carbons (Fsp3) is 0.348. The molecule has 1 aliphatic rings. The average Bonchev–Trinajstić information content (AvgIpc) is 2.67. The van der Waals surface area contributed by atoms with Crippen LogP contribution in [0.5, 0.6) is 0 Å². The van der Waals surface area contributed by atoms with Crippen LogP contribution in [0.25, 0.3) is 6.08 Å². The topological polar surface area (TPSA) is 32.3 Å². The minimum Gasteiger partial charge on any atom is -0.322 e. The van der Waals surface area contributed by atoms with Gasteiger partial charge in [-0.1, -0.05) is 55.8 Å². The number of carbonyl (C=O) groups is 1. The zero-order valence-corrected chi connectivity index (χ0v) is 17.0. The van der Waals surface area contributed by atoms with Gasteiger partial charge in [0.05, 0.1) is 0 Å². The molecule has 0 saturated carbocycles. The van der Waals surface area contributed by atoms with Crippen LogP contribution in [0, 0.1) is 0 Å². The maximum Gasteiger partial charge on any atom is 0.251 e. The summed E-state index contributed by atoms with van der Waals surface area (Å²) in [5.74, 6) is -0.0227. The van der Waals surface area contributed by atoms with Gasteiger partial charge in [0, 0.05) is 17.3 Å². The number of anilines is 1. The molecule has 3 nitrogen and oxygen atoms in total. The van der Waals surface area contributed by atoms with Crippen LogP contribution in [0.2, 0.25) is 0 Å². The number of halogens is 1. The number of benzene rings is 2.